The molecular formula is C26H36BNSi. The Bertz CT molecular complexity index is 938. The lowest BCUT2D eigenvalue weighted by molar-refractivity contribution is 0.654. The molecule has 1 aliphatic rings. The van der Waals surface area contributed by atoms with Crippen LogP contribution in [-0.2, 0) is 0 Å². The molecule has 3 heteroatoms. The quantitative estimate of drug-likeness (QED) is 0.525. The molecule has 1 nitrogen and oxygen atoms in total. The summed E-state index contributed by atoms with van der Waals surface area (Å²) in [5, 5.41) is 0.275. The van der Waals surface area contributed by atoms with Crippen molar-refractivity contribution in [3.63, 3.8) is 0 Å². The van der Waals surface area contributed by atoms with E-state index in [2.05, 4.69) is 121 Å². The molecule has 2 aromatic rings. The Morgan fingerprint density at radius 3 is 1.90 bits per heavy atom. The van der Waals surface area contributed by atoms with E-state index in [1.54, 1.807) is 0 Å². The van der Waals surface area contributed by atoms with Gasteiger partial charge in [0.1, 0.15) is 8.24 Å². The zero-order chi connectivity index (χ0) is 21.6. The fourth-order valence-corrected chi connectivity index (χ4v) is 6.42. The molecule has 0 N–H and O–H groups in total. The third-order valence-corrected chi connectivity index (χ3v) is 12.3. The van der Waals surface area contributed by atoms with Crippen molar-refractivity contribution in [3.05, 3.63) is 82.5 Å². The Hall–Kier alpha value is -2.00. The summed E-state index contributed by atoms with van der Waals surface area (Å²) in [6.45, 7) is 21.4. The third kappa shape index (κ3) is 4.16. The van der Waals surface area contributed by atoms with Crippen LogP contribution in [0.5, 0.6) is 0 Å². The Labute approximate surface area is 179 Å². The van der Waals surface area contributed by atoms with Gasteiger partial charge in [0, 0.05) is 0 Å². The Balaban J connectivity index is 2.18. The van der Waals surface area contributed by atoms with Gasteiger partial charge in [0.05, 0.1) is 0 Å². The van der Waals surface area contributed by atoms with E-state index in [4.69, 9.17) is 0 Å². The summed E-state index contributed by atoms with van der Waals surface area (Å²) in [6, 6.07) is 13.6. The van der Waals surface area contributed by atoms with E-state index >= 15 is 0 Å². The fourth-order valence-electron chi connectivity index (χ4n) is 4.30. The molecule has 29 heavy (non-hydrogen) atoms. The van der Waals surface area contributed by atoms with Crippen molar-refractivity contribution >= 4 is 26.1 Å². The van der Waals surface area contributed by atoms with Crippen LogP contribution in [0, 0.1) is 27.7 Å². The summed E-state index contributed by atoms with van der Waals surface area (Å²) in [5.41, 5.74) is 9.53. The number of hydrogen-bond donors (Lipinski definition) is 0. The van der Waals surface area contributed by atoms with Crippen molar-refractivity contribution in [1.82, 2.24) is 4.48 Å². The first-order chi connectivity index (χ1) is 13.4. The van der Waals surface area contributed by atoms with Crippen LogP contribution in [0.2, 0.25) is 18.1 Å². The first kappa shape index (κ1) is 21.7. The summed E-state index contributed by atoms with van der Waals surface area (Å²) in [4.78, 5) is 0. The van der Waals surface area contributed by atoms with Crippen molar-refractivity contribution in [2.24, 2.45) is 0 Å². The van der Waals surface area contributed by atoms with E-state index in [1.165, 1.54) is 38.9 Å². The van der Waals surface area contributed by atoms with Gasteiger partial charge in [-0.2, -0.15) is 0 Å². The molecule has 0 spiro atoms. The minimum absolute atomic E-state index is 0.275. The van der Waals surface area contributed by atoms with Gasteiger partial charge in [-0.15, -0.1) is 0 Å². The third-order valence-electron chi connectivity index (χ3n) is 6.95. The smallest absolute Gasteiger partial charge is 0.308 e. The van der Waals surface area contributed by atoms with Crippen LogP contribution in [0.25, 0.3) is 5.57 Å². The average molecular weight is 401 g/mol. The number of benzene rings is 2. The molecule has 3 rings (SSSR count). The molecule has 0 amide bonds. The molecule has 0 aliphatic carbocycles. The van der Waals surface area contributed by atoms with Crippen LogP contribution in [-0.4, -0.2) is 19.6 Å². The fraction of sp³-hybridized carbons (Fsp3) is 0.385. The molecule has 1 aliphatic heterocycles. The van der Waals surface area contributed by atoms with E-state index in [0.29, 0.717) is 0 Å². The molecule has 0 fully saturated rings. The minimum atomic E-state index is -1.75. The number of hydrogen-bond acceptors (Lipinski definition) is 1. The van der Waals surface area contributed by atoms with Crippen LogP contribution >= 0.6 is 0 Å². The second-order valence-corrected chi connectivity index (χ2v) is 15.4. The van der Waals surface area contributed by atoms with Gasteiger partial charge in [0.25, 0.3) is 0 Å². The van der Waals surface area contributed by atoms with E-state index in [1.807, 2.05) is 0 Å². The van der Waals surface area contributed by atoms with Crippen LogP contribution in [0.3, 0.4) is 0 Å². The monoisotopic (exact) mass is 401 g/mol. The van der Waals surface area contributed by atoms with Gasteiger partial charge in [-0.05, 0) is 61.6 Å². The van der Waals surface area contributed by atoms with Crippen LogP contribution < -0.4 is 5.46 Å². The SMILES string of the molecule is Cc1ccc(C2=CB(c3c(C)cc(C)cc3C)N([Si](C)(C)C(C)(C)C)C=C2)cc1. The second-order valence-electron chi connectivity index (χ2n) is 10.3. The summed E-state index contributed by atoms with van der Waals surface area (Å²) in [7, 11) is -1.75. The normalized spacial score (nSPS) is 15.0. The summed E-state index contributed by atoms with van der Waals surface area (Å²) < 4.78 is 2.70. The van der Waals surface area contributed by atoms with Gasteiger partial charge < -0.3 is 4.48 Å². The van der Waals surface area contributed by atoms with Gasteiger partial charge in [0.2, 0.25) is 0 Å². The number of allylic oxidation sites excluding steroid dienone is 2. The predicted molar refractivity (Wildman–Crippen MR) is 133 cm³/mol. The van der Waals surface area contributed by atoms with E-state index < -0.39 is 8.24 Å². The largest absolute Gasteiger partial charge is 0.441 e. The number of nitrogens with zero attached hydrogens (tertiary/aromatic N) is 1. The van der Waals surface area contributed by atoms with E-state index in [9.17, 15) is 0 Å². The van der Waals surface area contributed by atoms with Crippen molar-refractivity contribution in [1.29, 1.82) is 0 Å². The van der Waals surface area contributed by atoms with Crippen LogP contribution in [0.1, 0.15) is 48.6 Å². The van der Waals surface area contributed by atoms with E-state index in [0.717, 1.165) is 0 Å². The summed E-state index contributed by atoms with van der Waals surface area (Å²) in [5.74, 6) is 2.50. The molecule has 0 unspecified atom stereocenters. The van der Waals surface area contributed by atoms with Crippen LogP contribution in [0.15, 0.2) is 54.6 Å². The zero-order valence-corrected chi connectivity index (χ0v) is 20.7. The molecule has 0 atom stereocenters. The van der Waals surface area contributed by atoms with Gasteiger partial charge in [-0.3, -0.25) is 0 Å². The predicted octanol–water partition coefficient (Wildman–Crippen LogP) is 6.58. The molecule has 152 valence electrons. The highest BCUT2D eigenvalue weighted by atomic mass is 28.3. The molecule has 0 saturated heterocycles. The first-order valence-corrected chi connectivity index (χ1v) is 13.7. The molecule has 0 radical (unpaired) electrons. The van der Waals surface area contributed by atoms with Crippen molar-refractivity contribution in [2.75, 3.05) is 0 Å². The Morgan fingerprint density at radius 2 is 1.38 bits per heavy atom. The second kappa shape index (κ2) is 7.68. The average Bonchev–Trinajstić information content (AvgIpc) is 2.60. The molecule has 0 saturated carbocycles. The highest BCUT2D eigenvalue weighted by molar-refractivity contribution is 6.92. The zero-order valence-electron chi connectivity index (χ0n) is 19.7. The highest BCUT2D eigenvalue weighted by Gasteiger charge is 2.45. The van der Waals surface area contributed by atoms with Crippen molar-refractivity contribution < 1.29 is 0 Å². The van der Waals surface area contributed by atoms with Crippen molar-refractivity contribution in [2.45, 2.75) is 66.6 Å². The molecule has 0 aromatic heterocycles. The lowest BCUT2D eigenvalue weighted by atomic mass is 9.51. The standard InChI is InChI=1S/C26H36BNSi/c1-19-10-12-23(13-11-19)24-14-15-28(29(8,9)26(5,6)7)27(18-24)25-21(3)16-20(2)17-22(25)4/h10-18H,1-9H3. The highest BCUT2D eigenvalue weighted by Crippen LogP contribution is 2.40. The maximum atomic E-state index is 2.70. The maximum Gasteiger partial charge on any atom is 0.308 e. The first-order valence-electron chi connectivity index (χ1n) is 10.7. The Morgan fingerprint density at radius 1 is 0.828 bits per heavy atom. The lowest BCUT2D eigenvalue weighted by Gasteiger charge is -2.50. The van der Waals surface area contributed by atoms with Gasteiger partial charge >= 0.3 is 6.85 Å². The molecule has 2 aromatic carbocycles. The summed E-state index contributed by atoms with van der Waals surface area (Å²) >= 11 is 0. The summed E-state index contributed by atoms with van der Waals surface area (Å²) in [6.07, 6.45) is 4.70. The van der Waals surface area contributed by atoms with Crippen LogP contribution in [0.4, 0.5) is 0 Å². The number of aryl methyl sites for hydroxylation is 4. The van der Waals surface area contributed by atoms with E-state index in [-0.39, 0.29) is 11.9 Å². The molecule has 0 bridgehead atoms. The minimum Gasteiger partial charge on any atom is -0.441 e. The van der Waals surface area contributed by atoms with Gasteiger partial charge in [-0.1, -0.05) is 98.5 Å². The maximum absolute atomic E-state index is 2.70. The lowest BCUT2D eigenvalue weighted by Crippen LogP contribution is -2.62. The Kier molecular flexibility index (Phi) is 5.75. The topological polar surface area (TPSA) is 3.24 Å². The van der Waals surface area contributed by atoms with Gasteiger partial charge in [-0.25, -0.2) is 0 Å². The number of rotatable bonds is 3. The molecular weight excluding hydrogens is 365 g/mol. The van der Waals surface area contributed by atoms with Gasteiger partial charge in [0.15, 0.2) is 0 Å². The molecule has 1 heterocycles. The van der Waals surface area contributed by atoms with Crippen molar-refractivity contribution in [3.8, 4) is 0 Å².